The fraction of sp³-hybridized carbons (Fsp3) is 0.323. The zero-order chi connectivity index (χ0) is 28.4. The summed E-state index contributed by atoms with van der Waals surface area (Å²) in [6, 6.07) is 15.8. The minimum absolute atomic E-state index is 0.0326. The molecule has 1 aliphatic carbocycles. The van der Waals surface area contributed by atoms with Gasteiger partial charge >= 0.3 is 0 Å². The molecule has 3 aromatic carbocycles. The second-order valence-corrected chi connectivity index (χ2v) is 11.5. The lowest BCUT2D eigenvalue weighted by atomic mass is 9.89. The first-order valence-corrected chi connectivity index (χ1v) is 14.4. The van der Waals surface area contributed by atoms with Crippen LogP contribution in [-0.2, 0) is 13.2 Å². The standard InChI is InChI=1S/C31H31ClF2N2O3S/c1-35-22-8-10-23(11-9-22)36(31(38)30-28(32)27-24(33)12-13-25(34)29(27)40-30)16-21-15-20(7-14-26(21)39-2)19-5-3-18(17-37)4-6-19/h3-7,12-15,22-23,35,37H,8-11,16-17H2,1-2H3/t22-,23+. The van der Waals surface area contributed by atoms with Crippen molar-refractivity contribution >= 4 is 38.9 Å². The zero-order valence-corrected chi connectivity index (χ0v) is 23.9. The molecule has 2 N–H and O–H groups in total. The van der Waals surface area contributed by atoms with Crippen LogP contribution in [0.4, 0.5) is 8.78 Å². The summed E-state index contributed by atoms with van der Waals surface area (Å²) >= 11 is 7.45. The fourth-order valence-electron chi connectivity index (χ4n) is 5.48. The van der Waals surface area contributed by atoms with Crippen molar-refractivity contribution in [2.75, 3.05) is 14.2 Å². The maximum atomic E-state index is 14.6. The van der Waals surface area contributed by atoms with Crippen molar-refractivity contribution in [2.24, 2.45) is 0 Å². The van der Waals surface area contributed by atoms with E-state index in [4.69, 9.17) is 16.3 Å². The van der Waals surface area contributed by atoms with Crippen LogP contribution in [0.2, 0.25) is 5.02 Å². The Labute approximate surface area is 241 Å². The highest BCUT2D eigenvalue weighted by atomic mass is 35.5. The molecule has 0 atom stereocenters. The molecule has 5 rings (SSSR count). The molecule has 40 heavy (non-hydrogen) atoms. The van der Waals surface area contributed by atoms with Crippen LogP contribution in [0.5, 0.6) is 5.75 Å². The Bertz CT molecular complexity index is 1520. The van der Waals surface area contributed by atoms with Gasteiger partial charge in [-0.3, -0.25) is 4.79 Å². The van der Waals surface area contributed by atoms with Gasteiger partial charge in [-0.2, -0.15) is 0 Å². The highest BCUT2D eigenvalue weighted by Gasteiger charge is 2.33. The van der Waals surface area contributed by atoms with E-state index in [1.807, 2.05) is 49.5 Å². The molecule has 0 bridgehead atoms. The number of aliphatic hydroxyl groups is 1. The Hall–Kier alpha value is -3.04. The lowest BCUT2D eigenvalue weighted by Crippen LogP contribution is -2.44. The Morgan fingerprint density at radius 1 is 1.05 bits per heavy atom. The summed E-state index contributed by atoms with van der Waals surface area (Å²) in [4.78, 5) is 16.1. The summed E-state index contributed by atoms with van der Waals surface area (Å²) in [6.07, 6.45) is 3.38. The zero-order valence-electron chi connectivity index (χ0n) is 22.3. The highest BCUT2D eigenvalue weighted by Crippen LogP contribution is 2.40. The minimum atomic E-state index is -0.653. The molecule has 210 valence electrons. The Kier molecular flexibility index (Phi) is 8.71. The summed E-state index contributed by atoms with van der Waals surface area (Å²) in [5, 5.41) is 12.6. The number of methoxy groups -OCH3 is 1. The number of halogens is 3. The van der Waals surface area contributed by atoms with E-state index in [2.05, 4.69) is 5.32 Å². The van der Waals surface area contributed by atoms with Gasteiger partial charge in [0.15, 0.2) is 0 Å². The molecule has 0 saturated heterocycles. The van der Waals surface area contributed by atoms with E-state index in [1.165, 1.54) is 0 Å². The number of nitrogens with one attached hydrogen (secondary N) is 1. The molecule has 0 aliphatic heterocycles. The minimum Gasteiger partial charge on any atom is -0.496 e. The summed E-state index contributed by atoms with van der Waals surface area (Å²) < 4.78 is 34.9. The number of benzene rings is 3. The average Bonchev–Trinajstić information content (AvgIpc) is 3.35. The number of thiophene rings is 1. The number of carbonyl (C=O) groups excluding carboxylic acids is 1. The smallest absolute Gasteiger partial charge is 0.266 e. The third-order valence-electron chi connectivity index (χ3n) is 7.77. The van der Waals surface area contributed by atoms with Crippen molar-refractivity contribution in [1.82, 2.24) is 10.2 Å². The van der Waals surface area contributed by atoms with Crippen LogP contribution in [0, 0.1) is 11.6 Å². The van der Waals surface area contributed by atoms with Gasteiger partial charge in [0.1, 0.15) is 22.3 Å². The van der Waals surface area contributed by atoms with Crippen LogP contribution in [-0.4, -0.2) is 42.2 Å². The maximum absolute atomic E-state index is 14.6. The molecule has 1 aliphatic rings. The number of rotatable bonds is 8. The van der Waals surface area contributed by atoms with Crippen molar-refractivity contribution < 1.29 is 23.4 Å². The van der Waals surface area contributed by atoms with Crippen molar-refractivity contribution in [2.45, 2.75) is 50.9 Å². The highest BCUT2D eigenvalue weighted by molar-refractivity contribution is 7.21. The second-order valence-electron chi connectivity index (χ2n) is 10.1. The Morgan fingerprint density at radius 3 is 2.35 bits per heavy atom. The van der Waals surface area contributed by atoms with E-state index in [9.17, 15) is 18.7 Å². The van der Waals surface area contributed by atoms with Crippen molar-refractivity contribution in [3.05, 3.63) is 87.3 Å². The van der Waals surface area contributed by atoms with Gasteiger partial charge in [-0.15, -0.1) is 11.3 Å². The van der Waals surface area contributed by atoms with Crippen LogP contribution in [0.25, 0.3) is 21.2 Å². The molecular weight excluding hydrogens is 554 g/mol. The first-order chi connectivity index (χ1) is 19.3. The summed E-state index contributed by atoms with van der Waals surface area (Å²) in [7, 11) is 3.53. The number of hydrogen-bond donors (Lipinski definition) is 2. The molecule has 1 amide bonds. The monoisotopic (exact) mass is 584 g/mol. The lowest BCUT2D eigenvalue weighted by Gasteiger charge is -2.37. The quantitative estimate of drug-likeness (QED) is 0.230. The molecule has 0 unspecified atom stereocenters. The molecule has 1 fully saturated rings. The van der Waals surface area contributed by atoms with Crippen LogP contribution in [0.3, 0.4) is 0 Å². The predicted molar refractivity (Wildman–Crippen MR) is 156 cm³/mol. The van der Waals surface area contributed by atoms with E-state index in [0.29, 0.717) is 11.8 Å². The van der Waals surface area contributed by atoms with Gasteiger partial charge < -0.3 is 20.1 Å². The molecule has 9 heteroatoms. The van der Waals surface area contributed by atoms with Gasteiger partial charge in [0.25, 0.3) is 5.91 Å². The van der Waals surface area contributed by atoms with E-state index < -0.39 is 11.6 Å². The van der Waals surface area contributed by atoms with Crippen molar-refractivity contribution in [3.63, 3.8) is 0 Å². The lowest BCUT2D eigenvalue weighted by molar-refractivity contribution is 0.0604. The number of carbonyl (C=O) groups is 1. The number of fused-ring (bicyclic) bond motifs is 1. The summed E-state index contributed by atoms with van der Waals surface area (Å²) in [6.45, 7) is 0.212. The topological polar surface area (TPSA) is 61.8 Å². The van der Waals surface area contributed by atoms with Gasteiger partial charge in [-0.05, 0) is 73.7 Å². The average molecular weight is 585 g/mol. The maximum Gasteiger partial charge on any atom is 0.266 e. The van der Waals surface area contributed by atoms with Crippen LogP contribution in [0.1, 0.15) is 46.5 Å². The normalized spacial score (nSPS) is 17.2. The molecule has 0 radical (unpaired) electrons. The largest absolute Gasteiger partial charge is 0.496 e. The molecule has 5 nitrogen and oxygen atoms in total. The van der Waals surface area contributed by atoms with Gasteiger partial charge in [0.2, 0.25) is 0 Å². The number of amides is 1. The van der Waals surface area contributed by atoms with E-state index in [1.54, 1.807) is 12.0 Å². The van der Waals surface area contributed by atoms with Gasteiger partial charge in [-0.25, -0.2) is 8.78 Å². The molecular formula is C31H31ClF2N2O3S. The number of hydrogen-bond acceptors (Lipinski definition) is 5. The van der Waals surface area contributed by atoms with Crippen molar-refractivity contribution in [3.8, 4) is 16.9 Å². The molecule has 4 aromatic rings. The third kappa shape index (κ3) is 5.59. The summed E-state index contributed by atoms with van der Waals surface area (Å²) in [5.41, 5.74) is 3.53. The van der Waals surface area contributed by atoms with Crippen molar-refractivity contribution in [1.29, 1.82) is 0 Å². The van der Waals surface area contributed by atoms with Gasteiger partial charge in [0, 0.05) is 24.2 Å². The first-order valence-electron chi connectivity index (χ1n) is 13.3. The fourth-order valence-corrected chi connectivity index (χ4v) is 6.98. The molecule has 0 spiro atoms. The number of aliphatic hydroxyl groups excluding tert-OH is 1. The molecule has 1 aromatic heterocycles. The predicted octanol–water partition coefficient (Wildman–Crippen LogP) is 7.17. The molecule has 1 saturated carbocycles. The van der Waals surface area contributed by atoms with Gasteiger partial charge in [-0.1, -0.05) is 41.9 Å². The van der Waals surface area contributed by atoms with Gasteiger partial charge in [0.05, 0.1) is 28.8 Å². The SMILES string of the molecule is CN[C@H]1CC[C@@H](N(Cc2cc(-c3ccc(CO)cc3)ccc2OC)C(=O)c2sc3c(F)ccc(F)c3c2Cl)CC1. The second kappa shape index (κ2) is 12.2. The Morgan fingerprint density at radius 2 is 1.73 bits per heavy atom. The molecule has 1 heterocycles. The number of ether oxygens (including phenoxy) is 1. The summed E-state index contributed by atoms with van der Waals surface area (Å²) in [5.74, 6) is -0.973. The third-order valence-corrected chi connectivity index (χ3v) is 9.45. The van der Waals surface area contributed by atoms with E-state index in [-0.39, 0.29) is 45.1 Å². The first kappa shape index (κ1) is 28.5. The van der Waals surface area contributed by atoms with Crippen LogP contribution < -0.4 is 10.1 Å². The van der Waals surface area contributed by atoms with E-state index >= 15 is 0 Å². The van der Waals surface area contributed by atoms with E-state index in [0.717, 1.165) is 71.4 Å². The number of nitrogens with zero attached hydrogens (tertiary/aromatic N) is 1. The van der Waals surface area contributed by atoms with Crippen LogP contribution in [0.15, 0.2) is 54.6 Å². The van der Waals surface area contributed by atoms with Crippen LogP contribution >= 0.6 is 22.9 Å². The Balaban J connectivity index is 1.55.